The highest BCUT2D eigenvalue weighted by Gasteiger charge is 2.43. The van der Waals surface area contributed by atoms with E-state index < -0.39 is 96.1 Å². The molecular weight excluding hydrogens is 1120 g/mol. The molecule has 20 heteroatoms. The van der Waals surface area contributed by atoms with E-state index in [0.29, 0.717) is 24.2 Å². The zero-order valence-corrected chi connectivity index (χ0v) is 53.5. The number of fused-ring (bicyclic) bond motifs is 2. The van der Waals surface area contributed by atoms with Crippen LogP contribution in [0.25, 0.3) is 22.1 Å². The minimum atomic E-state index is -1.54. The average Bonchev–Trinajstić information content (AvgIpc) is 4.18. The maximum atomic E-state index is 15.1. The number of rotatable bonds is 16. The monoisotopic (exact) mass is 1210 g/mol. The summed E-state index contributed by atoms with van der Waals surface area (Å²) >= 11 is 0. The summed E-state index contributed by atoms with van der Waals surface area (Å²) in [5.41, 5.74) is 4.74. The van der Waals surface area contributed by atoms with Gasteiger partial charge < -0.3 is 47.7 Å². The Bertz CT molecular complexity index is 3170. The standard InChI is InChI=1S/C68H88N8O12/c1-41(2)33-53-65(81)85-45(9)61(77)71(11)56(36-44(7)8)68(84)88-58(38-48-21-25-50(26-22-48)40-76-32-28-52-18-16-30-70-60(52)76)64(80)74(14)54(34-42(3)4)66(82)86-46(10)62(78)72(12)55(35-43(5)6)67(83)87-57(63(79)73(53)13)37-47-19-23-49(24-20-47)39-75-31-27-51-17-15-29-69-59(51)75/h15-32,41-46,53-58H,33-40H2,1-14H3/t45-,46-,53+,54+,55+,56+,57-,58-/m1/s1. The largest absolute Gasteiger partial charge is 0.451 e. The zero-order valence-electron chi connectivity index (χ0n) is 53.5. The van der Waals surface area contributed by atoms with Gasteiger partial charge in [-0.2, -0.15) is 0 Å². The van der Waals surface area contributed by atoms with Crippen molar-refractivity contribution >= 4 is 69.6 Å². The Kier molecular flexibility index (Phi) is 22.9. The topological polar surface area (TPSA) is 222 Å². The summed E-state index contributed by atoms with van der Waals surface area (Å²) in [4.78, 5) is 132. The van der Waals surface area contributed by atoms with Crippen LogP contribution in [-0.4, -0.2) is 163 Å². The summed E-state index contributed by atoms with van der Waals surface area (Å²) in [5.74, 6) is -7.46. The molecule has 2 aromatic carbocycles. The number of ether oxygens (including phenoxy) is 4. The first-order chi connectivity index (χ1) is 41.7. The van der Waals surface area contributed by atoms with Gasteiger partial charge in [0.2, 0.25) is 0 Å². The minimum Gasteiger partial charge on any atom is -0.451 e. The SMILES string of the molecule is CC(C)C[C@H]1C(=O)O[C@H](Cc2ccc(Cn3ccc4cccnc43)cc2)C(=O)N(C)[C@@H](CC(C)C)C(=O)O[C@H](C)C(=O)N(C)[C@@H](CC(C)C)C(=O)O[C@H](Cc2ccc(Cn3ccc4cccnc43)cc2)C(=O)N(C)[C@@H](CC(C)C)C(=O)O[C@H](C)C(=O)N1C. The lowest BCUT2D eigenvalue weighted by Crippen LogP contribution is -2.55. The second kappa shape index (κ2) is 30.0. The van der Waals surface area contributed by atoms with Crippen LogP contribution in [0.5, 0.6) is 0 Å². The van der Waals surface area contributed by atoms with Crippen molar-refractivity contribution in [1.82, 2.24) is 38.7 Å². The van der Waals surface area contributed by atoms with Gasteiger partial charge in [-0.15, -0.1) is 0 Å². The summed E-state index contributed by atoms with van der Waals surface area (Å²) in [7, 11) is 5.60. The molecule has 0 unspecified atom stereocenters. The Balaban J connectivity index is 1.24. The van der Waals surface area contributed by atoms with Gasteiger partial charge in [0.25, 0.3) is 23.6 Å². The molecular formula is C68H88N8O12. The normalized spacial score (nSPS) is 22.3. The number of likely N-dealkylation sites (N-methyl/N-ethyl adjacent to an activating group) is 4. The fraction of sp³-hybridized carbons (Fsp3) is 0.500. The molecule has 4 amide bonds. The number of nitrogens with zero attached hydrogens (tertiary/aromatic N) is 8. The molecule has 1 aliphatic heterocycles. The molecule has 0 N–H and O–H groups in total. The van der Waals surface area contributed by atoms with Crippen molar-refractivity contribution in [2.75, 3.05) is 28.2 Å². The van der Waals surface area contributed by atoms with E-state index in [-0.39, 0.29) is 62.2 Å². The maximum absolute atomic E-state index is 15.1. The van der Waals surface area contributed by atoms with Crippen molar-refractivity contribution in [2.45, 2.75) is 169 Å². The molecule has 1 aliphatic rings. The number of amides is 4. The predicted octanol–water partition coefficient (Wildman–Crippen LogP) is 8.46. The lowest BCUT2D eigenvalue weighted by atomic mass is 9.99. The quantitative estimate of drug-likeness (QED) is 0.0655. The molecule has 5 heterocycles. The second-order valence-electron chi connectivity index (χ2n) is 25.1. The van der Waals surface area contributed by atoms with Crippen molar-refractivity contribution in [3.8, 4) is 0 Å². The van der Waals surface area contributed by atoms with Gasteiger partial charge in [0.1, 0.15) is 35.5 Å². The Labute approximate surface area is 516 Å². The fourth-order valence-corrected chi connectivity index (χ4v) is 11.2. The average molecular weight is 1210 g/mol. The molecule has 88 heavy (non-hydrogen) atoms. The molecule has 1 saturated heterocycles. The van der Waals surface area contributed by atoms with Gasteiger partial charge in [0, 0.05) is 89.7 Å². The van der Waals surface area contributed by atoms with Crippen LogP contribution in [0.2, 0.25) is 0 Å². The van der Waals surface area contributed by atoms with Crippen LogP contribution in [0.1, 0.15) is 117 Å². The molecule has 0 aliphatic carbocycles. The van der Waals surface area contributed by atoms with Crippen LogP contribution in [0.15, 0.2) is 110 Å². The highest BCUT2D eigenvalue weighted by atomic mass is 16.6. The Morgan fingerprint density at radius 1 is 0.386 bits per heavy atom. The van der Waals surface area contributed by atoms with Crippen molar-refractivity contribution in [3.63, 3.8) is 0 Å². The number of benzene rings is 2. The molecule has 4 aromatic heterocycles. The van der Waals surface area contributed by atoms with Crippen LogP contribution >= 0.6 is 0 Å². The minimum absolute atomic E-state index is 0.0780. The van der Waals surface area contributed by atoms with E-state index in [1.54, 1.807) is 12.4 Å². The van der Waals surface area contributed by atoms with Gasteiger partial charge in [0.15, 0.2) is 24.4 Å². The summed E-state index contributed by atoms with van der Waals surface area (Å²) < 4.78 is 28.4. The lowest BCUT2D eigenvalue weighted by Gasteiger charge is -2.35. The van der Waals surface area contributed by atoms with E-state index >= 15 is 9.59 Å². The first kappa shape index (κ1) is 67.1. The fourth-order valence-electron chi connectivity index (χ4n) is 11.2. The molecule has 7 rings (SSSR count). The highest BCUT2D eigenvalue weighted by molar-refractivity contribution is 5.94. The van der Waals surface area contributed by atoms with Crippen molar-refractivity contribution < 1.29 is 57.3 Å². The third-order valence-corrected chi connectivity index (χ3v) is 16.1. The third-order valence-electron chi connectivity index (χ3n) is 16.1. The Morgan fingerprint density at radius 2 is 0.670 bits per heavy atom. The van der Waals surface area contributed by atoms with E-state index in [4.69, 9.17) is 18.9 Å². The third kappa shape index (κ3) is 17.0. The first-order valence-corrected chi connectivity index (χ1v) is 30.5. The van der Waals surface area contributed by atoms with Gasteiger partial charge in [-0.1, -0.05) is 104 Å². The van der Waals surface area contributed by atoms with Gasteiger partial charge in [-0.3, -0.25) is 19.2 Å². The van der Waals surface area contributed by atoms with Crippen LogP contribution < -0.4 is 0 Å². The molecule has 6 aromatic rings. The van der Waals surface area contributed by atoms with Crippen LogP contribution in [-0.2, 0) is 83.2 Å². The van der Waals surface area contributed by atoms with E-state index in [0.717, 1.165) is 43.0 Å². The Hall–Kier alpha value is -8.42. The van der Waals surface area contributed by atoms with Gasteiger partial charge in [0.05, 0.1) is 0 Å². The summed E-state index contributed by atoms with van der Waals surface area (Å²) in [6, 6.07) is 21.4. The number of hydrogen-bond acceptors (Lipinski definition) is 14. The van der Waals surface area contributed by atoms with Crippen molar-refractivity contribution in [1.29, 1.82) is 0 Å². The first-order valence-electron chi connectivity index (χ1n) is 30.5. The van der Waals surface area contributed by atoms with Crippen LogP contribution in [0.4, 0.5) is 0 Å². The van der Waals surface area contributed by atoms with Gasteiger partial charge in [-0.25, -0.2) is 29.1 Å². The maximum Gasteiger partial charge on any atom is 0.329 e. The van der Waals surface area contributed by atoms with Gasteiger partial charge in [-0.05, 0) is 122 Å². The number of carbonyl (C=O) groups is 8. The molecule has 20 nitrogen and oxygen atoms in total. The van der Waals surface area contributed by atoms with E-state index in [9.17, 15) is 28.8 Å². The van der Waals surface area contributed by atoms with Gasteiger partial charge >= 0.3 is 23.9 Å². The van der Waals surface area contributed by atoms with E-state index in [2.05, 4.69) is 9.97 Å². The number of hydrogen-bond donors (Lipinski definition) is 0. The van der Waals surface area contributed by atoms with E-state index in [1.165, 1.54) is 51.8 Å². The lowest BCUT2D eigenvalue weighted by molar-refractivity contribution is -0.176. The summed E-state index contributed by atoms with van der Waals surface area (Å²) in [5, 5.41) is 1.98. The second-order valence-corrected chi connectivity index (χ2v) is 25.1. The predicted molar refractivity (Wildman–Crippen MR) is 333 cm³/mol. The van der Waals surface area contributed by atoms with Crippen molar-refractivity contribution in [3.05, 3.63) is 132 Å². The number of cyclic esters (lactones) is 4. The molecule has 1 fully saturated rings. The number of carbonyl (C=O) groups excluding carboxylic acids is 8. The molecule has 472 valence electrons. The molecule has 0 bridgehead atoms. The smallest absolute Gasteiger partial charge is 0.329 e. The Morgan fingerprint density at radius 3 is 0.977 bits per heavy atom. The van der Waals surface area contributed by atoms with E-state index in [1.807, 2.05) is 162 Å². The summed E-state index contributed by atoms with van der Waals surface area (Å²) in [6.07, 6.45) is 1.34. The molecule has 8 atom stereocenters. The molecule has 0 spiro atoms. The van der Waals surface area contributed by atoms with Crippen LogP contribution in [0.3, 0.4) is 0 Å². The number of pyridine rings is 2. The zero-order chi connectivity index (χ0) is 64.3. The van der Waals surface area contributed by atoms with Crippen LogP contribution in [0, 0.1) is 23.7 Å². The van der Waals surface area contributed by atoms with Crippen molar-refractivity contribution in [2.24, 2.45) is 23.7 Å². The number of aromatic nitrogens is 4. The number of esters is 4. The summed E-state index contributed by atoms with van der Waals surface area (Å²) in [6.45, 7) is 18.6. The molecule has 0 saturated carbocycles. The molecule has 0 radical (unpaired) electrons. The highest BCUT2D eigenvalue weighted by Crippen LogP contribution is 2.26.